The van der Waals surface area contributed by atoms with Crippen LogP contribution in [0.4, 0.5) is 10.2 Å². The van der Waals surface area contributed by atoms with Gasteiger partial charge in [0.15, 0.2) is 0 Å². The SMILES string of the molecule is N=C1c2cc(cnc2N)C(=O)NCCOc2ncc(F)cc2[C@H]2CCCN12. The minimum Gasteiger partial charge on any atom is -0.476 e. The van der Waals surface area contributed by atoms with Gasteiger partial charge in [0, 0.05) is 18.3 Å². The maximum absolute atomic E-state index is 13.9. The van der Waals surface area contributed by atoms with Gasteiger partial charge in [-0.2, -0.15) is 0 Å². The topological polar surface area (TPSA) is 117 Å². The fraction of sp³-hybridized carbons (Fsp3) is 0.333. The van der Waals surface area contributed by atoms with Crippen LogP contribution in [0.25, 0.3) is 0 Å². The molecule has 27 heavy (non-hydrogen) atoms. The fourth-order valence-corrected chi connectivity index (χ4v) is 3.52. The lowest BCUT2D eigenvalue weighted by atomic mass is 10.0. The van der Waals surface area contributed by atoms with Crippen molar-refractivity contribution in [1.82, 2.24) is 20.2 Å². The number of nitrogens with zero attached hydrogens (tertiary/aromatic N) is 3. The van der Waals surface area contributed by atoms with Crippen LogP contribution in [-0.2, 0) is 0 Å². The highest BCUT2D eigenvalue weighted by Gasteiger charge is 2.33. The summed E-state index contributed by atoms with van der Waals surface area (Å²) in [4.78, 5) is 22.3. The van der Waals surface area contributed by atoms with Crippen LogP contribution in [0.15, 0.2) is 24.5 Å². The summed E-state index contributed by atoms with van der Waals surface area (Å²) in [7, 11) is 0. The molecule has 0 radical (unpaired) electrons. The molecule has 2 aliphatic heterocycles. The van der Waals surface area contributed by atoms with Gasteiger partial charge in [-0.05, 0) is 25.0 Å². The van der Waals surface area contributed by atoms with E-state index in [0.717, 1.165) is 19.0 Å². The predicted octanol–water partition coefficient (Wildman–Crippen LogP) is 1.48. The third-order valence-corrected chi connectivity index (χ3v) is 4.81. The molecular weight excluding hydrogens is 351 g/mol. The highest BCUT2D eigenvalue weighted by Crippen LogP contribution is 2.37. The summed E-state index contributed by atoms with van der Waals surface area (Å²) in [5, 5.41) is 11.4. The number of anilines is 1. The number of carbonyl (C=O) groups is 1. The van der Waals surface area contributed by atoms with E-state index in [1.165, 1.54) is 12.3 Å². The largest absolute Gasteiger partial charge is 0.476 e. The lowest BCUT2D eigenvalue weighted by Gasteiger charge is -2.28. The summed E-state index contributed by atoms with van der Waals surface area (Å²) >= 11 is 0. The average molecular weight is 370 g/mol. The van der Waals surface area contributed by atoms with Gasteiger partial charge in [0.05, 0.1) is 29.9 Å². The summed E-state index contributed by atoms with van der Waals surface area (Å²) < 4.78 is 19.6. The molecule has 1 fully saturated rings. The number of nitrogen functional groups attached to an aromatic ring is 1. The van der Waals surface area contributed by atoms with Crippen LogP contribution in [0.1, 0.15) is 40.4 Å². The number of pyridine rings is 2. The zero-order valence-corrected chi connectivity index (χ0v) is 14.5. The van der Waals surface area contributed by atoms with Gasteiger partial charge in [-0.25, -0.2) is 14.4 Å². The second kappa shape index (κ2) is 6.82. The maximum atomic E-state index is 13.9. The van der Waals surface area contributed by atoms with Crippen LogP contribution < -0.4 is 15.8 Å². The van der Waals surface area contributed by atoms with Crippen molar-refractivity contribution >= 4 is 17.6 Å². The first-order valence-electron chi connectivity index (χ1n) is 8.72. The monoisotopic (exact) mass is 370 g/mol. The van der Waals surface area contributed by atoms with Crippen LogP contribution in [0.3, 0.4) is 0 Å². The number of rotatable bonds is 0. The number of amidine groups is 1. The van der Waals surface area contributed by atoms with Gasteiger partial charge in [0.1, 0.15) is 24.1 Å². The van der Waals surface area contributed by atoms with E-state index < -0.39 is 5.82 Å². The van der Waals surface area contributed by atoms with Gasteiger partial charge in [-0.3, -0.25) is 10.2 Å². The van der Waals surface area contributed by atoms with E-state index in [-0.39, 0.29) is 36.8 Å². The van der Waals surface area contributed by atoms with Gasteiger partial charge in [-0.15, -0.1) is 0 Å². The van der Waals surface area contributed by atoms with Crippen molar-refractivity contribution in [3.63, 3.8) is 0 Å². The molecule has 9 heteroatoms. The number of hydrogen-bond donors (Lipinski definition) is 3. The molecule has 4 rings (SSSR count). The van der Waals surface area contributed by atoms with E-state index in [4.69, 9.17) is 15.9 Å². The van der Waals surface area contributed by atoms with Gasteiger partial charge in [0.2, 0.25) is 5.88 Å². The minimum absolute atomic E-state index is 0.145. The molecule has 0 aliphatic carbocycles. The lowest BCUT2D eigenvalue weighted by molar-refractivity contribution is 0.0946. The highest BCUT2D eigenvalue weighted by molar-refractivity contribution is 6.03. The van der Waals surface area contributed by atoms with E-state index in [2.05, 4.69) is 15.3 Å². The summed E-state index contributed by atoms with van der Waals surface area (Å²) in [5.74, 6) is -0.161. The van der Waals surface area contributed by atoms with E-state index in [0.29, 0.717) is 29.1 Å². The van der Waals surface area contributed by atoms with Crippen molar-refractivity contribution in [3.8, 4) is 5.88 Å². The number of nitrogens with two attached hydrogens (primary N) is 1. The zero-order valence-electron chi connectivity index (χ0n) is 14.5. The van der Waals surface area contributed by atoms with Gasteiger partial charge < -0.3 is 20.7 Å². The zero-order chi connectivity index (χ0) is 19.0. The lowest BCUT2D eigenvalue weighted by Crippen LogP contribution is -2.32. The number of aromatic nitrogens is 2. The summed E-state index contributed by atoms with van der Waals surface area (Å²) in [6.45, 7) is 1.05. The number of amides is 1. The number of carbonyl (C=O) groups excluding carboxylic acids is 1. The highest BCUT2D eigenvalue weighted by atomic mass is 19.1. The molecule has 140 valence electrons. The molecule has 2 aromatic rings. The molecule has 1 saturated heterocycles. The van der Waals surface area contributed by atoms with Gasteiger partial charge in [0.25, 0.3) is 5.91 Å². The quantitative estimate of drug-likeness (QED) is 0.647. The molecular formula is C18H19FN6O2. The van der Waals surface area contributed by atoms with E-state index in [9.17, 15) is 9.18 Å². The molecule has 8 nitrogen and oxygen atoms in total. The van der Waals surface area contributed by atoms with Gasteiger partial charge >= 0.3 is 0 Å². The van der Waals surface area contributed by atoms with Gasteiger partial charge in [-0.1, -0.05) is 0 Å². The molecule has 0 unspecified atom stereocenters. The Bertz CT molecular complexity index is 919. The number of ether oxygens (including phenoxy) is 1. The van der Waals surface area contributed by atoms with Crippen molar-refractivity contribution in [2.45, 2.75) is 18.9 Å². The standard InChI is InChI=1S/C18H19FN6O2/c19-11-7-12-14-2-1-4-25(14)16(21)13-6-10(8-23-15(13)20)17(26)22-3-5-27-18(12)24-9-11/h6-9,14,21H,1-5H2,(H2,20,23)(H,22,26)/t14-/m1/s1. The Balaban J connectivity index is 1.82. The van der Waals surface area contributed by atoms with Crippen LogP contribution in [-0.4, -0.2) is 46.3 Å². The Morgan fingerprint density at radius 2 is 2.19 bits per heavy atom. The Kier molecular flexibility index (Phi) is 4.35. The fourth-order valence-electron chi connectivity index (χ4n) is 3.52. The number of halogens is 1. The number of nitrogens with one attached hydrogen (secondary N) is 2. The summed E-state index contributed by atoms with van der Waals surface area (Å²) in [6, 6.07) is 2.71. The first-order valence-corrected chi connectivity index (χ1v) is 8.72. The molecule has 2 aliphatic rings. The minimum atomic E-state index is -0.462. The van der Waals surface area contributed by atoms with E-state index >= 15 is 0 Å². The van der Waals surface area contributed by atoms with Crippen molar-refractivity contribution in [2.24, 2.45) is 0 Å². The molecule has 0 saturated carbocycles. The van der Waals surface area contributed by atoms with E-state index in [1.54, 1.807) is 6.07 Å². The Hall–Kier alpha value is -3.23. The molecule has 2 aromatic heterocycles. The normalized spacial score (nSPS) is 19.7. The van der Waals surface area contributed by atoms with Crippen molar-refractivity contribution in [1.29, 1.82) is 5.41 Å². The second-order valence-electron chi connectivity index (χ2n) is 6.51. The summed E-state index contributed by atoms with van der Waals surface area (Å²) in [5.41, 5.74) is 7.26. The van der Waals surface area contributed by atoms with Crippen molar-refractivity contribution < 1.29 is 13.9 Å². The molecule has 4 heterocycles. The molecule has 0 aromatic carbocycles. The second-order valence-corrected chi connectivity index (χ2v) is 6.51. The molecule has 1 amide bonds. The average Bonchev–Trinajstić information content (AvgIpc) is 3.14. The Labute approximate surface area is 155 Å². The maximum Gasteiger partial charge on any atom is 0.252 e. The Morgan fingerprint density at radius 3 is 3.04 bits per heavy atom. The summed E-state index contributed by atoms with van der Waals surface area (Å²) in [6.07, 6.45) is 4.05. The Morgan fingerprint density at radius 1 is 1.33 bits per heavy atom. The number of hydrogen-bond acceptors (Lipinski definition) is 6. The molecule has 2 bridgehead atoms. The molecule has 0 spiro atoms. The third kappa shape index (κ3) is 3.16. The van der Waals surface area contributed by atoms with Crippen LogP contribution in [0, 0.1) is 11.2 Å². The van der Waals surface area contributed by atoms with Crippen molar-refractivity contribution in [2.75, 3.05) is 25.4 Å². The first kappa shape index (κ1) is 17.2. The molecule has 4 N–H and O–H groups in total. The molecule has 1 atom stereocenters. The first-order chi connectivity index (χ1) is 13.0. The van der Waals surface area contributed by atoms with E-state index in [1.807, 2.05) is 4.90 Å². The third-order valence-electron chi connectivity index (χ3n) is 4.81. The van der Waals surface area contributed by atoms with Crippen LogP contribution >= 0.6 is 0 Å². The van der Waals surface area contributed by atoms with Crippen LogP contribution in [0.2, 0.25) is 0 Å². The number of fused-ring (bicyclic) bond motifs is 5. The van der Waals surface area contributed by atoms with Crippen LogP contribution in [0.5, 0.6) is 5.88 Å². The smallest absolute Gasteiger partial charge is 0.252 e. The predicted molar refractivity (Wildman–Crippen MR) is 96.2 cm³/mol. The van der Waals surface area contributed by atoms with Crippen molar-refractivity contribution in [3.05, 3.63) is 47.0 Å².